The summed E-state index contributed by atoms with van der Waals surface area (Å²) in [6.45, 7) is 0. The Bertz CT molecular complexity index is 302. The molecule has 0 fully saturated rings. The molecule has 4 nitrogen and oxygen atoms in total. The van der Waals surface area contributed by atoms with Crippen LogP contribution in [0, 0.1) is 0 Å². The number of carboxylic acids is 2. The number of hydrogen-bond donors (Lipinski definition) is 0. The molecule has 0 heterocycles. The monoisotopic (exact) mass is 254 g/mol. The van der Waals surface area contributed by atoms with Crippen molar-refractivity contribution in [3.8, 4) is 0 Å². The predicted molar refractivity (Wildman–Crippen MR) is 35.1 cm³/mol. The Morgan fingerprint density at radius 2 is 1.23 bits per heavy atom. The standard InChI is InChI=1S/C8H6O4.Zr/c9-7(10)5-3-1-2-4-6(5)8(11)12;/h1-4H,(H,9,10)(H,11,12);/q;+2/p-2. The topological polar surface area (TPSA) is 80.3 Å². The van der Waals surface area contributed by atoms with Crippen molar-refractivity contribution in [1.29, 1.82) is 0 Å². The fourth-order valence-electron chi connectivity index (χ4n) is 0.839. The minimum Gasteiger partial charge on any atom is -0.545 e. The maximum atomic E-state index is 10.3. The summed E-state index contributed by atoms with van der Waals surface area (Å²) in [5.74, 6) is -3.04. The third kappa shape index (κ3) is 2.77. The molecule has 5 heteroatoms. The third-order valence-corrected chi connectivity index (χ3v) is 1.37. The zero-order chi connectivity index (χ0) is 9.14. The summed E-state index contributed by atoms with van der Waals surface area (Å²) in [7, 11) is 0. The number of benzene rings is 1. The zero-order valence-electron chi connectivity index (χ0n) is 6.44. The molecule has 1 aromatic carbocycles. The van der Waals surface area contributed by atoms with Crippen molar-refractivity contribution >= 4 is 11.9 Å². The first-order chi connectivity index (χ1) is 5.63. The minimum absolute atomic E-state index is 0. The number of rotatable bonds is 2. The molecule has 0 bridgehead atoms. The Kier molecular flexibility index (Phi) is 4.56. The number of carbonyl (C=O) groups is 2. The molecule has 0 aliphatic heterocycles. The van der Waals surface area contributed by atoms with Gasteiger partial charge >= 0.3 is 26.2 Å². The summed E-state index contributed by atoms with van der Waals surface area (Å²) < 4.78 is 0. The minimum atomic E-state index is -1.52. The fourth-order valence-corrected chi connectivity index (χ4v) is 0.839. The molecule has 0 radical (unpaired) electrons. The van der Waals surface area contributed by atoms with E-state index in [2.05, 4.69) is 0 Å². The molecule has 0 unspecified atom stereocenters. The van der Waals surface area contributed by atoms with Crippen LogP contribution in [0.3, 0.4) is 0 Å². The second kappa shape index (κ2) is 4.92. The van der Waals surface area contributed by atoms with Crippen molar-refractivity contribution in [2.75, 3.05) is 0 Å². The zero-order valence-corrected chi connectivity index (χ0v) is 8.90. The van der Waals surface area contributed by atoms with E-state index in [0.29, 0.717) is 0 Å². The summed E-state index contributed by atoms with van der Waals surface area (Å²) in [6, 6.07) is 5.14. The number of carbonyl (C=O) groups excluding carboxylic acids is 2. The van der Waals surface area contributed by atoms with E-state index in [1.807, 2.05) is 0 Å². The second-order valence-electron chi connectivity index (χ2n) is 2.12. The van der Waals surface area contributed by atoms with Gasteiger partial charge in [-0.2, -0.15) is 0 Å². The van der Waals surface area contributed by atoms with Gasteiger partial charge in [0.15, 0.2) is 0 Å². The van der Waals surface area contributed by atoms with E-state index < -0.39 is 11.9 Å². The van der Waals surface area contributed by atoms with Gasteiger partial charge in [-0.1, -0.05) is 24.3 Å². The van der Waals surface area contributed by atoms with Crippen LogP contribution >= 0.6 is 0 Å². The molecule has 0 N–H and O–H groups in total. The Hall–Kier alpha value is -0.957. The van der Waals surface area contributed by atoms with E-state index in [4.69, 9.17) is 0 Å². The van der Waals surface area contributed by atoms with Gasteiger partial charge in [-0.05, 0) is 0 Å². The van der Waals surface area contributed by atoms with Crippen LogP contribution in [0.4, 0.5) is 0 Å². The van der Waals surface area contributed by atoms with Crippen LogP contribution in [-0.4, -0.2) is 11.9 Å². The van der Waals surface area contributed by atoms with Crippen LogP contribution in [0.25, 0.3) is 0 Å². The third-order valence-electron chi connectivity index (χ3n) is 1.37. The van der Waals surface area contributed by atoms with Crippen molar-refractivity contribution in [2.45, 2.75) is 0 Å². The van der Waals surface area contributed by atoms with Crippen LogP contribution in [-0.2, 0) is 26.2 Å². The van der Waals surface area contributed by atoms with Gasteiger partial charge in [-0.25, -0.2) is 0 Å². The van der Waals surface area contributed by atoms with Gasteiger partial charge in [0.25, 0.3) is 0 Å². The number of hydrogen-bond acceptors (Lipinski definition) is 4. The van der Waals surface area contributed by atoms with Gasteiger partial charge in [0.2, 0.25) is 0 Å². The van der Waals surface area contributed by atoms with Crippen LogP contribution < -0.4 is 10.2 Å². The van der Waals surface area contributed by atoms with E-state index in [9.17, 15) is 19.8 Å². The van der Waals surface area contributed by atoms with Crippen LogP contribution in [0.15, 0.2) is 24.3 Å². The summed E-state index contributed by atoms with van der Waals surface area (Å²) in [5, 5.41) is 20.6. The van der Waals surface area contributed by atoms with Gasteiger partial charge < -0.3 is 19.8 Å². The maximum absolute atomic E-state index is 10.3. The molecule has 0 aliphatic rings. The summed E-state index contributed by atoms with van der Waals surface area (Å²) >= 11 is 0. The van der Waals surface area contributed by atoms with E-state index in [-0.39, 0.29) is 37.3 Å². The van der Waals surface area contributed by atoms with Gasteiger partial charge in [0, 0.05) is 11.1 Å². The van der Waals surface area contributed by atoms with Crippen molar-refractivity contribution in [1.82, 2.24) is 0 Å². The fraction of sp³-hybridized carbons (Fsp3) is 0. The first-order valence-corrected chi connectivity index (χ1v) is 3.14. The van der Waals surface area contributed by atoms with Gasteiger partial charge in [-0.15, -0.1) is 0 Å². The Labute approximate surface area is 93.3 Å². The summed E-state index contributed by atoms with van der Waals surface area (Å²) in [4.78, 5) is 20.6. The Morgan fingerprint density at radius 1 is 0.923 bits per heavy atom. The second-order valence-corrected chi connectivity index (χ2v) is 2.12. The summed E-state index contributed by atoms with van der Waals surface area (Å²) in [5.41, 5.74) is -0.727. The van der Waals surface area contributed by atoms with E-state index in [0.717, 1.165) is 12.1 Å². The molecular formula is C8H4O4Zr. The maximum Gasteiger partial charge on any atom is 2.00 e. The Morgan fingerprint density at radius 3 is 1.46 bits per heavy atom. The molecule has 0 spiro atoms. The molecule has 0 saturated heterocycles. The van der Waals surface area contributed by atoms with E-state index in [1.54, 1.807) is 0 Å². The van der Waals surface area contributed by atoms with Crippen LogP contribution in [0.5, 0.6) is 0 Å². The van der Waals surface area contributed by atoms with E-state index >= 15 is 0 Å². The molecule has 1 aromatic rings. The normalized spacial score (nSPS) is 8.62. The largest absolute Gasteiger partial charge is 2.00 e. The van der Waals surface area contributed by atoms with Crippen molar-refractivity contribution in [2.24, 2.45) is 0 Å². The number of aromatic carboxylic acids is 2. The first kappa shape index (κ1) is 12.0. The SMILES string of the molecule is O=C([O-])c1ccccc1C(=O)[O-].[Zr+2]. The quantitative estimate of drug-likeness (QED) is 0.638. The molecule has 64 valence electrons. The number of carboxylic acid groups (broad SMARTS) is 2. The van der Waals surface area contributed by atoms with Crippen LogP contribution in [0.1, 0.15) is 20.7 Å². The molecule has 13 heavy (non-hydrogen) atoms. The van der Waals surface area contributed by atoms with Gasteiger partial charge in [-0.3, -0.25) is 0 Å². The molecule has 0 aliphatic carbocycles. The Balaban J connectivity index is 0.00000144. The van der Waals surface area contributed by atoms with Gasteiger partial charge in [0.1, 0.15) is 0 Å². The smallest absolute Gasteiger partial charge is 0.545 e. The van der Waals surface area contributed by atoms with E-state index in [1.165, 1.54) is 12.1 Å². The van der Waals surface area contributed by atoms with Crippen molar-refractivity contribution < 1.29 is 46.0 Å². The molecule has 0 saturated carbocycles. The molecular weight excluding hydrogens is 251 g/mol. The van der Waals surface area contributed by atoms with Crippen molar-refractivity contribution in [3.63, 3.8) is 0 Å². The molecule has 0 atom stereocenters. The molecule has 0 amide bonds. The average Bonchev–Trinajstić information content (AvgIpc) is 2.04. The molecule has 1 rings (SSSR count). The molecule has 0 aromatic heterocycles. The summed E-state index contributed by atoms with van der Waals surface area (Å²) in [6.07, 6.45) is 0. The van der Waals surface area contributed by atoms with Crippen molar-refractivity contribution in [3.05, 3.63) is 35.4 Å². The average molecular weight is 255 g/mol. The first-order valence-electron chi connectivity index (χ1n) is 3.14. The van der Waals surface area contributed by atoms with Gasteiger partial charge in [0.05, 0.1) is 11.9 Å². The predicted octanol–water partition coefficient (Wildman–Crippen LogP) is -1.59. The van der Waals surface area contributed by atoms with Crippen LogP contribution in [0.2, 0.25) is 0 Å².